The van der Waals surface area contributed by atoms with E-state index in [1.165, 1.54) is 36.9 Å². The van der Waals surface area contributed by atoms with Gasteiger partial charge in [-0.2, -0.15) is 9.97 Å². The summed E-state index contributed by atoms with van der Waals surface area (Å²) in [5, 5.41) is 44.4. The van der Waals surface area contributed by atoms with Gasteiger partial charge in [0.2, 0.25) is 23.5 Å². The molecule has 0 spiro atoms. The van der Waals surface area contributed by atoms with Crippen LogP contribution in [0.2, 0.25) is 0 Å². The maximum Gasteiger partial charge on any atom is 0.306 e. The van der Waals surface area contributed by atoms with Crippen molar-refractivity contribution in [2.75, 3.05) is 25.6 Å². The molecule has 0 unspecified atom stereocenters. The average molecular weight is 1190 g/mol. The molecular formula is C50H54Br2N6O14S2. The zero-order valence-electron chi connectivity index (χ0n) is 40.5. The number of benzene rings is 2. The maximum absolute atomic E-state index is 12.2. The zero-order valence-corrected chi connectivity index (χ0v) is 45.3. The fraction of sp³-hybridized carbons (Fsp3) is 0.320. The Morgan fingerprint density at radius 1 is 0.568 bits per heavy atom. The number of sulfone groups is 2. The Labute approximate surface area is 444 Å². The summed E-state index contributed by atoms with van der Waals surface area (Å²) in [5.74, 6) is -1.59. The van der Waals surface area contributed by atoms with E-state index in [1.54, 1.807) is 12.1 Å². The monoisotopic (exact) mass is 1180 g/mol. The smallest absolute Gasteiger partial charge is 0.306 e. The molecule has 2 aromatic carbocycles. The highest BCUT2D eigenvalue weighted by Crippen LogP contribution is 2.35. The Hall–Kier alpha value is -6.12. The number of pyridine rings is 4. The number of aliphatic hydroxyl groups is 2. The molecule has 6 aromatic rings. The van der Waals surface area contributed by atoms with E-state index < -0.39 is 56.7 Å². The summed E-state index contributed by atoms with van der Waals surface area (Å²) in [6, 6.07) is 18.1. The summed E-state index contributed by atoms with van der Waals surface area (Å²) in [6.07, 6.45) is 4.45. The van der Waals surface area contributed by atoms with Crippen molar-refractivity contribution in [1.29, 1.82) is 0 Å². The fourth-order valence-corrected chi connectivity index (χ4v) is 9.53. The molecule has 0 fully saturated rings. The van der Waals surface area contributed by atoms with Crippen molar-refractivity contribution in [1.82, 2.24) is 30.6 Å². The quantitative estimate of drug-likeness (QED) is 0.0342. The molecule has 4 aromatic heterocycles. The number of aliphatic carboxylic acids is 2. The van der Waals surface area contributed by atoms with Gasteiger partial charge in [-0.25, -0.2) is 16.8 Å². The van der Waals surface area contributed by atoms with Gasteiger partial charge in [-0.05, 0) is 103 Å². The predicted molar refractivity (Wildman–Crippen MR) is 277 cm³/mol. The van der Waals surface area contributed by atoms with Crippen LogP contribution >= 0.6 is 31.9 Å². The molecule has 394 valence electrons. The van der Waals surface area contributed by atoms with Gasteiger partial charge in [-0.3, -0.25) is 19.6 Å². The molecule has 6 rings (SSSR count). The van der Waals surface area contributed by atoms with Crippen LogP contribution < -0.4 is 29.6 Å². The Kier molecular flexibility index (Phi) is 20.0. The summed E-state index contributed by atoms with van der Waals surface area (Å²) in [6.45, 7) is 4.21. The van der Waals surface area contributed by atoms with Gasteiger partial charge >= 0.3 is 11.9 Å². The fourth-order valence-electron chi connectivity index (χ4n) is 7.34. The van der Waals surface area contributed by atoms with Crippen LogP contribution in [0.5, 0.6) is 23.5 Å². The number of carboxylic acids is 2. The van der Waals surface area contributed by atoms with Gasteiger partial charge in [-0.15, -0.1) is 0 Å². The average Bonchev–Trinajstić information content (AvgIpc) is 3.32. The number of rotatable bonds is 27. The van der Waals surface area contributed by atoms with Crippen molar-refractivity contribution in [2.24, 2.45) is 0 Å². The number of aromatic nitrogens is 4. The molecule has 20 nitrogen and oxygen atoms in total. The predicted octanol–water partition coefficient (Wildman–Crippen LogP) is 6.05. The second kappa shape index (κ2) is 25.9. The molecule has 0 saturated heterocycles. The van der Waals surface area contributed by atoms with Crippen LogP contribution in [-0.2, 0) is 68.8 Å². The van der Waals surface area contributed by atoms with Crippen molar-refractivity contribution in [2.45, 2.75) is 88.2 Å². The van der Waals surface area contributed by atoms with Crippen LogP contribution in [0.15, 0.2) is 104 Å². The van der Waals surface area contributed by atoms with Gasteiger partial charge in [0, 0.05) is 85.7 Å². The van der Waals surface area contributed by atoms with Crippen molar-refractivity contribution in [3.05, 3.63) is 139 Å². The summed E-state index contributed by atoms with van der Waals surface area (Å²) in [4.78, 5) is 39.6. The summed E-state index contributed by atoms with van der Waals surface area (Å²) in [7, 11) is -7.07. The molecule has 4 heterocycles. The summed E-state index contributed by atoms with van der Waals surface area (Å²) < 4.78 is 74.6. The molecule has 0 saturated carbocycles. The molecule has 0 aliphatic heterocycles. The van der Waals surface area contributed by atoms with Crippen molar-refractivity contribution < 1.29 is 65.8 Å². The lowest BCUT2D eigenvalue weighted by Crippen LogP contribution is -2.28. The third-order valence-electron chi connectivity index (χ3n) is 11.2. The molecule has 24 heteroatoms. The Balaban J connectivity index is 1.20. The van der Waals surface area contributed by atoms with Crippen molar-refractivity contribution in [3.63, 3.8) is 0 Å². The summed E-state index contributed by atoms with van der Waals surface area (Å²) >= 11 is 7.13. The maximum atomic E-state index is 12.2. The highest BCUT2D eigenvalue weighted by molar-refractivity contribution is 9.11. The lowest BCUT2D eigenvalue weighted by atomic mass is 9.92. The van der Waals surface area contributed by atoms with Crippen LogP contribution in [0.1, 0.15) is 57.3 Å². The lowest BCUT2D eigenvalue weighted by molar-refractivity contribution is -0.140. The molecular weight excluding hydrogens is 1130 g/mol. The lowest BCUT2D eigenvalue weighted by Gasteiger charge is -2.18. The van der Waals surface area contributed by atoms with Gasteiger partial charge in [-0.1, -0.05) is 36.4 Å². The number of ether oxygens (including phenoxy) is 4. The van der Waals surface area contributed by atoms with E-state index in [1.807, 2.05) is 50.2 Å². The van der Waals surface area contributed by atoms with E-state index in [4.69, 9.17) is 29.2 Å². The summed E-state index contributed by atoms with van der Waals surface area (Å²) in [5.41, 5.74) is 7.47. The standard InChI is InChI=1S/C50H54Br2N6O14S2/c1-29-33(27-71-49-43(51)13-35(19-55-21-37(59)15-45(61)62)47(57-49)69-25-31-11-39(23-53-17-31)73(3,65)66)7-5-9-41(29)42-10-6-8-34(30(42)2)28-72-50-44(52)14-36(20-56-22-38(60)16-46(63)64)48(58-50)70-26-32-12-40(24-54-18-32)74(4,67)68/h5-14,17-18,23-24,37-38,55-56,59-60H,15-16,19-22,25-28H2,1-4H3,(H,61,62)(H,63,64)/t37-,38-/m0/s1. The molecule has 0 bridgehead atoms. The van der Waals surface area contributed by atoms with Crippen LogP contribution in [0.25, 0.3) is 11.1 Å². The number of hydrogen-bond donors (Lipinski definition) is 6. The Bertz CT molecular complexity index is 3010. The van der Waals surface area contributed by atoms with Crippen molar-refractivity contribution in [3.8, 4) is 34.6 Å². The van der Waals surface area contributed by atoms with Gasteiger partial charge in [0.25, 0.3) is 0 Å². The SMILES string of the molecule is Cc1c(COc2nc(OCc3cncc(S(C)(=O)=O)c3)c(CNC[C@@H](O)CC(=O)O)cc2Br)cccc1-c1cccc(COc2nc(OCc3cncc(S(C)(=O)=O)c3)c(CNC[C@@H](O)CC(=O)O)cc2Br)c1C. The number of nitrogens with one attached hydrogen (secondary N) is 2. The van der Waals surface area contributed by atoms with Gasteiger partial charge in [0.05, 0.1) is 43.8 Å². The largest absolute Gasteiger partial charge is 0.481 e. The number of carbonyl (C=O) groups is 2. The number of hydrogen-bond acceptors (Lipinski definition) is 18. The first-order valence-corrected chi connectivity index (χ1v) is 28.0. The molecule has 0 radical (unpaired) electrons. The van der Waals surface area contributed by atoms with Crippen LogP contribution in [0.3, 0.4) is 0 Å². The first-order chi connectivity index (χ1) is 35.0. The van der Waals surface area contributed by atoms with E-state index >= 15 is 0 Å². The highest BCUT2D eigenvalue weighted by Gasteiger charge is 2.20. The first-order valence-electron chi connectivity index (χ1n) is 22.6. The van der Waals surface area contributed by atoms with Gasteiger partial charge < -0.3 is 50.0 Å². The normalized spacial score (nSPS) is 12.5. The van der Waals surface area contributed by atoms with E-state index in [0.29, 0.717) is 31.2 Å². The third kappa shape index (κ3) is 16.4. The topological polar surface area (TPSA) is 296 Å². The van der Waals surface area contributed by atoms with Crippen molar-refractivity contribution >= 4 is 63.5 Å². The van der Waals surface area contributed by atoms with Crippen LogP contribution in [-0.4, -0.2) is 107 Å². The molecule has 0 aliphatic rings. The van der Waals surface area contributed by atoms with Gasteiger partial charge in [0.1, 0.15) is 26.4 Å². The third-order valence-corrected chi connectivity index (χ3v) is 14.5. The molecule has 6 N–H and O–H groups in total. The number of aliphatic hydroxyl groups excluding tert-OH is 2. The minimum Gasteiger partial charge on any atom is -0.481 e. The Morgan fingerprint density at radius 3 is 1.31 bits per heavy atom. The minimum atomic E-state index is -3.54. The van der Waals surface area contributed by atoms with E-state index in [-0.39, 0.29) is 85.9 Å². The Morgan fingerprint density at radius 2 is 0.946 bits per heavy atom. The minimum absolute atomic E-state index is 0.0218. The number of halogens is 2. The van der Waals surface area contributed by atoms with E-state index in [9.17, 15) is 36.6 Å². The van der Waals surface area contributed by atoms with E-state index in [2.05, 4.69) is 62.4 Å². The number of carboxylic acid groups (broad SMARTS) is 2. The highest BCUT2D eigenvalue weighted by atomic mass is 79.9. The first kappa shape index (κ1) is 57.2. The second-order valence-corrected chi connectivity index (χ2v) is 22.9. The molecule has 2 atom stereocenters. The van der Waals surface area contributed by atoms with Crippen LogP contribution in [0.4, 0.5) is 0 Å². The molecule has 74 heavy (non-hydrogen) atoms. The van der Waals surface area contributed by atoms with Crippen LogP contribution in [0, 0.1) is 13.8 Å². The number of nitrogens with zero attached hydrogens (tertiary/aromatic N) is 4. The molecule has 0 amide bonds. The van der Waals surface area contributed by atoms with E-state index in [0.717, 1.165) is 45.9 Å². The zero-order chi connectivity index (χ0) is 53.7. The molecule has 0 aliphatic carbocycles. The van der Waals surface area contributed by atoms with Gasteiger partial charge in [0.15, 0.2) is 19.7 Å². The second-order valence-electron chi connectivity index (χ2n) is 17.2.